The molecule has 0 spiro atoms. The molecule has 1 atom stereocenters. The molecule has 2 aliphatic rings. The number of hydrogen-bond donors (Lipinski definition) is 1. The van der Waals surface area contributed by atoms with E-state index in [4.69, 9.17) is 0 Å². The van der Waals surface area contributed by atoms with Crippen molar-refractivity contribution in [1.82, 2.24) is 20.0 Å². The lowest BCUT2D eigenvalue weighted by Gasteiger charge is -2.25. The van der Waals surface area contributed by atoms with Gasteiger partial charge in [0.15, 0.2) is 5.69 Å². The highest BCUT2D eigenvalue weighted by Gasteiger charge is 2.31. The van der Waals surface area contributed by atoms with Gasteiger partial charge in [0.1, 0.15) is 0 Å². The highest BCUT2D eigenvalue weighted by atomic mass is 16.2. The average molecular weight is 352 g/mol. The fraction of sp³-hybridized carbons (Fsp3) is 0.524. The van der Waals surface area contributed by atoms with E-state index in [1.54, 1.807) is 0 Å². The Morgan fingerprint density at radius 2 is 2.00 bits per heavy atom. The van der Waals surface area contributed by atoms with Crippen molar-refractivity contribution in [3.63, 3.8) is 0 Å². The van der Waals surface area contributed by atoms with Gasteiger partial charge in [-0.15, -0.1) is 0 Å². The van der Waals surface area contributed by atoms with E-state index >= 15 is 0 Å². The zero-order chi connectivity index (χ0) is 17.9. The van der Waals surface area contributed by atoms with Crippen LogP contribution in [0.1, 0.15) is 46.6 Å². The number of likely N-dealkylation sites (tertiary alicyclic amines) is 1. The quantitative estimate of drug-likeness (QED) is 0.899. The fourth-order valence-electron chi connectivity index (χ4n) is 4.27. The molecule has 5 heteroatoms. The molecule has 5 nitrogen and oxygen atoms in total. The molecule has 1 unspecified atom stereocenters. The molecule has 0 bridgehead atoms. The van der Waals surface area contributed by atoms with Crippen LogP contribution in [-0.2, 0) is 26.3 Å². The van der Waals surface area contributed by atoms with Gasteiger partial charge in [-0.3, -0.25) is 9.48 Å². The molecule has 1 aromatic heterocycles. The van der Waals surface area contributed by atoms with Crippen LogP contribution in [0.3, 0.4) is 0 Å². The van der Waals surface area contributed by atoms with Gasteiger partial charge in [-0.2, -0.15) is 5.10 Å². The topological polar surface area (TPSA) is 50.2 Å². The van der Waals surface area contributed by atoms with E-state index in [1.165, 1.54) is 16.8 Å². The minimum Gasteiger partial charge on any atom is -0.337 e. The number of hydrogen-bond acceptors (Lipinski definition) is 3. The molecule has 1 aromatic carbocycles. The van der Waals surface area contributed by atoms with E-state index in [1.807, 2.05) is 16.6 Å². The van der Waals surface area contributed by atoms with E-state index in [0.717, 1.165) is 58.2 Å². The molecule has 26 heavy (non-hydrogen) atoms. The molecule has 1 N–H and O–H groups in total. The maximum absolute atomic E-state index is 12.9. The van der Waals surface area contributed by atoms with Crippen molar-refractivity contribution in [2.24, 2.45) is 7.05 Å². The number of aryl methyl sites for hydroxylation is 1. The number of nitrogens with zero attached hydrogens (tertiary/aromatic N) is 3. The zero-order valence-corrected chi connectivity index (χ0v) is 15.6. The van der Waals surface area contributed by atoms with Crippen LogP contribution in [0.25, 0.3) is 0 Å². The van der Waals surface area contributed by atoms with E-state index < -0.39 is 0 Å². The maximum atomic E-state index is 12.9. The minimum absolute atomic E-state index is 0.129. The Labute approximate surface area is 155 Å². The van der Waals surface area contributed by atoms with Crippen LogP contribution in [0.4, 0.5) is 0 Å². The Bertz CT molecular complexity index is 762. The first-order chi connectivity index (χ1) is 12.7. The molecule has 1 fully saturated rings. The van der Waals surface area contributed by atoms with Crippen LogP contribution in [-0.4, -0.2) is 46.3 Å². The van der Waals surface area contributed by atoms with Crippen LogP contribution in [0, 0.1) is 0 Å². The number of benzene rings is 1. The van der Waals surface area contributed by atoms with Gasteiger partial charge in [0, 0.05) is 37.4 Å². The second kappa shape index (κ2) is 7.62. The normalized spacial score (nSPS) is 19.6. The Balaban J connectivity index is 1.41. The number of amides is 1. The zero-order valence-electron chi connectivity index (χ0n) is 15.6. The Morgan fingerprint density at radius 1 is 1.23 bits per heavy atom. The molecular weight excluding hydrogens is 324 g/mol. The van der Waals surface area contributed by atoms with Crippen LogP contribution in [0.15, 0.2) is 30.3 Å². The highest BCUT2D eigenvalue weighted by Crippen LogP contribution is 2.26. The van der Waals surface area contributed by atoms with E-state index in [-0.39, 0.29) is 5.91 Å². The maximum Gasteiger partial charge on any atom is 0.274 e. The van der Waals surface area contributed by atoms with E-state index in [2.05, 4.69) is 40.7 Å². The monoisotopic (exact) mass is 352 g/mol. The summed E-state index contributed by atoms with van der Waals surface area (Å²) in [6, 6.07) is 11.0. The molecule has 0 radical (unpaired) electrons. The summed E-state index contributed by atoms with van der Waals surface area (Å²) in [5.41, 5.74) is 4.48. The third-order valence-corrected chi connectivity index (χ3v) is 5.74. The summed E-state index contributed by atoms with van der Waals surface area (Å²) in [5.74, 6) is 0.129. The number of carbonyl (C=O) groups excluding carboxylic acids is 1. The Kier molecular flexibility index (Phi) is 5.07. The number of rotatable bonds is 5. The van der Waals surface area contributed by atoms with Crippen molar-refractivity contribution in [2.45, 2.75) is 44.6 Å². The van der Waals surface area contributed by atoms with Gasteiger partial charge in [-0.05, 0) is 50.6 Å². The van der Waals surface area contributed by atoms with E-state index in [9.17, 15) is 4.79 Å². The predicted octanol–water partition coefficient (Wildman–Crippen LogP) is 2.35. The lowest BCUT2D eigenvalue weighted by Crippen LogP contribution is -2.37. The fourth-order valence-corrected chi connectivity index (χ4v) is 4.27. The van der Waals surface area contributed by atoms with Gasteiger partial charge in [0.25, 0.3) is 5.91 Å². The molecule has 0 saturated carbocycles. The van der Waals surface area contributed by atoms with Crippen molar-refractivity contribution in [1.29, 1.82) is 0 Å². The van der Waals surface area contributed by atoms with Gasteiger partial charge in [0.05, 0.1) is 0 Å². The lowest BCUT2D eigenvalue weighted by atomic mass is 9.91. The van der Waals surface area contributed by atoms with Crippen LogP contribution in [0.5, 0.6) is 0 Å². The van der Waals surface area contributed by atoms with Crippen molar-refractivity contribution in [3.05, 3.63) is 52.8 Å². The summed E-state index contributed by atoms with van der Waals surface area (Å²) in [6.45, 7) is 2.73. The molecule has 1 aliphatic heterocycles. The first-order valence-corrected chi connectivity index (χ1v) is 9.83. The second-order valence-electron chi connectivity index (χ2n) is 7.53. The van der Waals surface area contributed by atoms with Crippen molar-refractivity contribution in [3.8, 4) is 0 Å². The molecule has 1 aliphatic carbocycles. The largest absolute Gasteiger partial charge is 0.337 e. The number of aromatic nitrogens is 2. The lowest BCUT2D eigenvalue weighted by molar-refractivity contribution is 0.0785. The Hall–Kier alpha value is -2.14. The van der Waals surface area contributed by atoms with Crippen molar-refractivity contribution >= 4 is 5.91 Å². The second-order valence-corrected chi connectivity index (χ2v) is 7.53. The van der Waals surface area contributed by atoms with E-state index in [0.29, 0.717) is 11.7 Å². The third-order valence-electron chi connectivity index (χ3n) is 5.74. The minimum atomic E-state index is 0.129. The smallest absolute Gasteiger partial charge is 0.274 e. The third kappa shape index (κ3) is 3.54. The number of nitrogens with one attached hydrogen (secondary N) is 1. The van der Waals surface area contributed by atoms with Crippen LogP contribution in [0.2, 0.25) is 0 Å². The summed E-state index contributed by atoms with van der Waals surface area (Å²) >= 11 is 0. The standard InChI is InChI=1S/C21H28N4O/c1-24-19-10-9-17(22-12-11-16-7-3-2-4-8-16)15-18(19)20(23-24)21(26)25-13-5-6-14-25/h2-4,7-8,17,22H,5-6,9-15H2,1H3. The number of carbonyl (C=O) groups is 1. The van der Waals surface area contributed by atoms with Crippen molar-refractivity contribution < 1.29 is 4.79 Å². The molecular formula is C21H28N4O. The SMILES string of the molecule is Cn1nc(C(=O)N2CCCC2)c2c1CCC(NCCc1ccccc1)C2. The molecule has 1 amide bonds. The summed E-state index contributed by atoms with van der Waals surface area (Å²) < 4.78 is 1.93. The Morgan fingerprint density at radius 3 is 2.77 bits per heavy atom. The average Bonchev–Trinajstić information content (AvgIpc) is 3.31. The van der Waals surface area contributed by atoms with Crippen LogP contribution < -0.4 is 5.32 Å². The van der Waals surface area contributed by atoms with Gasteiger partial charge in [-0.25, -0.2) is 0 Å². The molecule has 4 rings (SSSR count). The molecule has 1 saturated heterocycles. The molecule has 2 heterocycles. The summed E-state index contributed by atoms with van der Waals surface area (Å²) in [6.07, 6.45) is 6.28. The summed E-state index contributed by atoms with van der Waals surface area (Å²) in [7, 11) is 1.97. The number of fused-ring (bicyclic) bond motifs is 1. The first kappa shape index (κ1) is 17.3. The summed E-state index contributed by atoms with van der Waals surface area (Å²) in [4.78, 5) is 14.8. The van der Waals surface area contributed by atoms with Crippen LogP contribution >= 0.6 is 0 Å². The van der Waals surface area contributed by atoms with Gasteiger partial charge >= 0.3 is 0 Å². The summed E-state index contributed by atoms with van der Waals surface area (Å²) in [5, 5.41) is 8.29. The molecule has 2 aromatic rings. The highest BCUT2D eigenvalue weighted by molar-refractivity contribution is 5.94. The predicted molar refractivity (Wildman–Crippen MR) is 102 cm³/mol. The first-order valence-electron chi connectivity index (χ1n) is 9.83. The van der Waals surface area contributed by atoms with Gasteiger partial charge < -0.3 is 10.2 Å². The molecule has 138 valence electrons. The van der Waals surface area contributed by atoms with Gasteiger partial charge in [0.2, 0.25) is 0 Å². The van der Waals surface area contributed by atoms with Crippen molar-refractivity contribution in [2.75, 3.05) is 19.6 Å². The van der Waals surface area contributed by atoms with Gasteiger partial charge in [-0.1, -0.05) is 30.3 Å².